The summed E-state index contributed by atoms with van der Waals surface area (Å²) >= 11 is 0. The number of ether oxygens (including phenoxy) is 1. The Balaban J connectivity index is 5.60. The van der Waals surface area contributed by atoms with E-state index in [1.807, 2.05) is 0 Å². The summed E-state index contributed by atoms with van der Waals surface area (Å²) in [4.78, 5) is 32.3. The molecule has 0 saturated heterocycles. The van der Waals surface area contributed by atoms with Crippen molar-refractivity contribution in [3.63, 3.8) is 0 Å². The number of rotatable bonds is 6. The molecule has 0 rings (SSSR count). The fourth-order valence-electron chi connectivity index (χ4n) is 1.11. The van der Waals surface area contributed by atoms with E-state index in [1.54, 1.807) is 5.32 Å². The van der Waals surface area contributed by atoms with Crippen LogP contribution in [0.25, 0.3) is 0 Å². The number of halogens is 3. The fourth-order valence-corrected chi connectivity index (χ4v) is 1.11. The van der Waals surface area contributed by atoms with Crippen molar-refractivity contribution in [3.05, 3.63) is 11.3 Å². The standard InChI is InChI=1S/C10H12F3NO4/c1-3-18-9(17)8(14-5-15)7(4-6(2)16)10(11,12)13/h5H,3-4H2,1-2H3,(H,14,15)/b8-7-. The number of alkyl halides is 3. The van der Waals surface area contributed by atoms with Crippen molar-refractivity contribution in [2.45, 2.75) is 26.4 Å². The zero-order valence-electron chi connectivity index (χ0n) is 9.76. The predicted molar refractivity (Wildman–Crippen MR) is 54.2 cm³/mol. The van der Waals surface area contributed by atoms with Crippen LogP contribution in [0, 0.1) is 0 Å². The molecule has 0 heterocycles. The molecule has 0 aromatic rings. The number of amides is 1. The summed E-state index contributed by atoms with van der Waals surface area (Å²) in [7, 11) is 0. The minimum absolute atomic E-state index is 0.0852. The number of allylic oxidation sites excluding steroid dienone is 1. The van der Waals surface area contributed by atoms with Gasteiger partial charge >= 0.3 is 12.1 Å². The lowest BCUT2D eigenvalue weighted by Crippen LogP contribution is -2.29. The minimum atomic E-state index is -4.91. The first kappa shape index (κ1) is 16.1. The zero-order chi connectivity index (χ0) is 14.3. The number of hydrogen-bond donors (Lipinski definition) is 1. The third-order valence-corrected chi connectivity index (χ3v) is 1.75. The SMILES string of the molecule is CCOC(=O)/C(NC=O)=C(\CC(C)=O)C(F)(F)F. The van der Waals surface area contributed by atoms with Crippen molar-refractivity contribution in [1.82, 2.24) is 5.32 Å². The molecular weight excluding hydrogens is 255 g/mol. The molecule has 0 saturated carbocycles. The Kier molecular flexibility index (Phi) is 6.07. The van der Waals surface area contributed by atoms with Crippen molar-refractivity contribution >= 4 is 18.2 Å². The predicted octanol–water partition coefficient (Wildman–Crippen LogP) is 1.09. The lowest BCUT2D eigenvalue weighted by Gasteiger charge is -2.15. The van der Waals surface area contributed by atoms with Crippen LogP contribution >= 0.6 is 0 Å². The summed E-state index contributed by atoms with van der Waals surface area (Å²) in [5.74, 6) is -2.13. The van der Waals surface area contributed by atoms with Crippen LogP contribution in [0.15, 0.2) is 11.3 Å². The smallest absolute Gasteiger partial charge is 0.415 e. The van der Waals surface area contributed by atoms with Crippen molar-refractivity contribution in [3.8, 4) is 0 Å². The van der Waals surface area contributed by atoms with Gasteiger partial charge in [0.15, 0.2) is 0 Å². The average molecular weight is 267 g/mol. The molecule has 18 heavy (non-hydrogen) atoms. The monoisotopic (exact) mass is 267 g/mol. The molecule has 0 unspecified atom stereocenters. The van der Waals surface area contributed by atoms with Gasteiger partial charge in [0.2, 0.25) is 6.41 Å². The van der Waals surface area contributed by atoms with E-state index in [2.05, 4.69) is 4.74 Å². The second-order valence-corrected chi connectivity index (χ2v) is 3.21. The van der Waals surface area contributed by atoms with E-state index in [-0.39, 0.29) is 13.0 Å². The number of Topliss-reactive ketones (excluding diaryl/α,β-unsaturated/α-hetero) is 1. The van der Waals surface area contributed by atoms with Gasteiger partial charge in [-0.15, -0.1) is 0 Å². The molecular formula is C10H12F3NO4. The normalized spacial score (nSPS) is 12.5. The maximum Gasteiger partial charge on any atom is 0.415 e. The highest BCUT2D eigenvalue weighted by molar-refractivity contribution is 5.93. The van der Waals surface area contributed by atoms with E-state index in [0.717, 1.165) is 6.92 Å². The van der Waals surface area contributed by atoms with Crippen molar-refractivity contribution in [2.75, 3.05) is 6.61 Å². The third-order valence-electron chi connectivity index (χ3n) is 1.75. The Labute approximate surface area is 101 Å². The first-order valence-electron chi connectivity index (χ1n) is 4.91. The molecule has 0 aliphatic heterocycles. The summed E-state index contributed by atoms with van der Waals surface area (Å²) < 4.78 is 42.4. The number of hydrogen-bond acceptors (Lipinski definition) is 4. The van der Waals surface area contributed by atoms with Gasteiger partial charge in [-0.25, -0.2) is 4.79 Å². The van der Waals surface area contributed by atoms with E-state index < -0.39 is 35.6 Å². The lowest BCUT2D eigenvalue weighted by atomic mass is 10.1. The van der Waals surface area contributed by atoms with E-state index in [1.165, 1.54) is 6.92 Å². The first-order valence-corrected chi connectivity index (χ1v) is 4.91. The molecule has 0 atom stereocenters. The highest BCUT2D eigenvalue weighted by Crippen LogP contribution is 2.30. The molecule has 0 aromatic carbocycles. The molecule has 0 aliphatic rings. The van der Waals surface area contributed by atoms with E-state index in [0.29, 0.717) is 0 Å². The zero-order valence-corrected chi connectivity index (χ0v) is 9.76. The lowest BCUT2D eigenvalue weighted by molar-refractivity contribution is -0.141. The second-order valence-electron chi connectivity index (χ2n) is 3.21. The Hall–Kier alpha value is -1.86. The molecule has 1 N–H and O–H groups in total. The topological polar surface area (TPSA) is 72.5 Å². The molecule has 0 spiro atoms. The number of ketones is 1. The fraction of sp³-hybridized carbons (Fsp3) is 0.500. The Morgan fingerprint density at radius 1 is 1.33 bits per heavy atom. The molecule has 0 radical (unpaired) electrons. The van der Waals surface area contributed by atoms with Crippen LogP contribution in [0.1, 0.15) is 20.3 Å². The van der Waals surface area contributed by atoms with Gasteiger partial charge in [-0.1, -0.05) is 0 Å². The summed E-state index contributed by atoms with van der Waals surface area (Å²) in [6.07, 6.45) is -6.01. The molecule has 0 fully saturated rings. The summed E-state index contributed by atoms with van der Waals surface area (Å²) in [6.45, 7) is 2.18. The maximum absolute atomic E-state index is 12.7. The van der Waals surface area contributed by atoms with Crippen molar-refractivity contribution in [2.24, 2.45) is 0 Å². The van der Waals surface area contributed by atoms with Gasteiger partial charge in [0.1, 0.15) is 11.5 Å². The molecule has 102 valence electrons. The number of carbonyl (C=O) groups excluding carboxylic acids is 3. The highest BCUT2D eigenvalue weighted by Gasteiger charge is 2.39. The Bertz CT molecular complexity index is 374. The van der Waals surface area contributed by atoms with Gasteiger partial charge in [-0.05, 0) is 13.8 Å². The van der Waals surface area contributed by atoms with Crippen LogP contribution in [0.2, 0.25) is 0 Å². The van der Waals surface area contributed by atoms with Crippen LogP contribution in [-0.4, -0.2) is 30.9 Å². The summed E-state index contributed by atoms with van der Waals surface area (Å²) in [6, 6.07) is 0. The number of carbonyl (C=O) groups is 3. The summed E-state index contributed by atoms with van der Waals surface area (Å²) in [5, 5.41) is 1.63. The maximum atomic E-state index is 12.7. The van der Waals surface area contributed by atoms with E-state index in [4.69, 9.17) is 0 Å². The van der Waals surface area contributed by atoms with Crippen LogP contribution in [0.4, 0.5) is 13.2 Å². The Morgan fingerprint density at radius 2 is 1.89 bits per heavy atom. The van der Waals surface area contributed by atoms with E-state index >= 15 is 0 Å². The molecule has 1 amide bonds. The van der Waals surface area contributed by atoms with E-state index in [9.17, 15) is 27.6 Å². The van der Waals surface area contributed by atoms with Crippen LogP contribution in [-0.2, 0) is 19.1 Å². The summed E-state index contributed by atoms with van der Waals surface area (Å²) in [5.41, 5.74) is -2.49. The largest absolute Gasteiger partial charge is 0.461 e. The van der Waals surface area contributed by atoms with Crippen molar-refractivity contribution in [1.29, 1.82) is 0 Å². The molecule has 0 aromatic heterocycles. The van der Waals surface area contributed by atoms with Gasteiger partial charge in [-0.3, -0.25) is 9.59 Å². The molecule has 0 aliphatic carbocycles. The third kappa shape index (κ3) is 4.98. The molecule has 5 nitrogen and oxygen atoms in total. The molecule has 0 bridgehead atoms. The average Bonchev–Trinajstić information content (AvgIpc) is 2.21. The van der Waals surface area contributed by atoms with Gasteiger partial charge < -0.3 is 10.1 Å². The van der Waals surface area contributed by atoms with Crippen LogP contribution < -0.4 is 5.32 Å². The quantitative estimate of drug-likeness (QED) is 0.444. The van der Waals surface area contributed by atoms with Crippen molar-refractivity contribution < 1.29 is 32.3 Å². The van der Waals surface area contributed by atoms with Gasteiger partial charge in [0.25, 0.3) is 0 Å². The number of esters is 1. The Morgan fingerprint density at radius 3 is 2.22 bits per heavy atom. The van der Waals surface area contributed by atoms with Gasteiger partial charge in [0, 0.05) is 6.42 Å². The molecule has 8 heteroatoms. The van der Waals surface area contributed by atoms with Crippen LogP contribution in [0.5, 0.6) is 0 Å². The van der Waals surface area contributed by atoms with Crippen LogP contribution in [0.3, 0.4) is 0 Å². The highest BCUT2D eigenvalue weighted by atomic mass is 19.4. The first-order chi connectivity index (χ1) is 8.23. The van der Waals surface area contributed by atoms with Gasteiger partial charge in [-0.2, -0.15) is 13.2 Å². The number of nitrogens with one attached hydrogen (secondary N) is 1. The minimum Gasteiger partial charge on any atom is -0.461 e. The van der Waals surface area contributed by atoms with Gasteiger partial charge in [0.05, 0.1) is 12.2 Å². The second kappa shape index (κ2) is 6.77.